The summed E-state index contributed by atoms with van der Waals surface area (Å²) in [6.07, 6.45) is 6.86. The van der Waals surface area contributed by atoms with Crippen LogP contribution in [0.1, 0.15) is 29.7 Å². The maximum absolute atomic E-state index is 4.27. The third-order valence-corrected chi connectivity index (χ3v) is 9.64. The van der Waals surface area contributed by atoms with Crippen molar-refractivity contribution >= 4 is 27.2 Å². The maximum Gasteiger partial charge on any atom is 0.0485 e. The van der Waals surface area contributed by atoms with Crippen molar-refractivity contribution in [1.29, 1.82) is 0 Å². The summed E-state index contributed by atoms with van der Waals surface area (Å²) in [5, 5.41) is 8.94. The molecule has 0 aliphatic heterocycles. The van der Waals surface area contributed by atoms with Gasteiger partial charge in [-0.2, -0.15) is 0 Å². The number of rotatable bonds is 9. The van der Waals surface area contributed by atoms with Gasteiger partial charge in [0.05, 0.1) is 0 Å². The van der Waals surface area contributed by atoms with Crippen LogP contribution in [0.25, 0.3) is 60.6 Å². The third kappa shape index (κ3) is 6.32. The molecule has 0 aliphatic carbocycles. The summed E-state index contributed by atoms with van der Waals surface area (Å²) in [4.78, 5) is 4.27. The van der Waals surface area contributed by atoms with E-state index in [-0.39, 0.29) is 6.04 Å². The first-order valence-corrected chi connectivity index (χ1v) is 17.3. The molecule has 1 aromatic heterocycles. The molecule has 1 heterocycles. The van der Waals surface area contributed by atoms with Gasteiger partial charge in [0.2, 0.25) is 0 Å². The minimum absolute atomic E-state index is 0.109. The number of nitrogens with one attached hydrogen (secondary N) is 1. The van der Waals surface area contributed by atoms with Gasteiger partial charge in [-0.1, -0.05) is 170 Å². The molecular formula is C48H38N2. The summed E-state index contributed by atoms with van der Waals surface area (Å²) in [7, 11) is 0. The molecule has 0 bridgehead atoms. The lowest BCUT2D eigenvalue weighted by atomic mass is 9.86. The van der Waals surface area contributed by atoms with Crippen molar-refractivity contribution in [3.63, 3.8) is 0 Å². The second-order valence-corrected chi connectivity index (χ2v) is 12.8. The van der Waals surface area contributed by atoms with Gasteiger partial charge >= 0.3 is 0 Å². The molecular weight excluding hydrogens is 605 g/mol. The van der Waals surface area contributed by atoms with E-state index in [1.165, 1.54) is 66.1 Å². The van der Waals surface area contributed by atoms with E-state index in [9.17, 15) is 0 Å². The third-order valence-electron chi connectivity index (χ3n) is 9.64. The number of fused-ring (bicyclic) bond motifs is 2. The van der Waals surface area contributed by atoms with E-state index in [2.05, 4.69) is 187 Å². The van der Waals surface area contributed by atoms with Crippen LogP contribution in [-0.2, 0) is 6.42 Å². The predicted molar refractivity (Wildman–Crippen MR) is 212 cm³/mol. The van der Waals surface area contributed by atoms with Gasteiger partial charge in [0.1, 0.15) is 0 Å². The van der Waals surface area contributed by atoms with Crippen molar-refractivity contribution in [3.05, 3.63) is 205 Å². The molecule has 0 saturated carbocycles. The Morgan fingerprint density at radius 3 is 1.58 bits per heavy atom. The van der Waals surface area contributed by atoms with Gasteiger partial charge in [0.15, 0.2) is 0 Å². The van der Waals surface area contributed by atoms with E-state index in [0.29, 0.717) is 0 Å². The molecule has 2 heteroatoms. The number of hydrogen-bond acceptors (Lipinski definition) is 2. The van der Waals surface area contributed by atoms with Crippen molar-refractivity contribution in [1.82, 2.24) is 10.3 Å². The van der Waals surface area contributed by atoms with Crippen LogP contribution in [-0.4, -0.2) is 4.98 Å². The largest absolute Gasteiger partial charge is 0.378 e. The summed E-state index contributed by atoms with van der Waals surface area (Å²) in [6, 6.07) is 61.2. The van der Waals surface area contributed by atoms with Gasteiger partial charge < -0.3 is 5.32 Å². The highest BCUT2D eigenvalue weighted by atomic mass is 14.9. The minimum atomic E-state index is 0.109. The SMILES string of the molecule is CC(N/C(=C\Cc1ccc(-c2cccnc2)cc1)c1ccccc1)c1ccc(-c2c3ccccc3c(-c3ccccc3)c3ccccc23)cc1. The predicted octanol–water partition coefficient (Wildman–Crippen LogP) is 12.3. The highest BCUT2D eigenvalue weighted by molar-refractivity contribution is 6.21. The number of allylic oxidation sites excluding steroid dienone is 1. The van der Waals surface area contributed by atoms with E-state index in [1.807, 2.05) is 18.5 Å². The lowest BCUT2D eigenvalue weighted by Gasteiger charge is -2.21. The quantitative estimate of drug-likeness (QED) is 0.159. The summed E-state index contributed by atoms with van der Waals surface area (Å²) < 4.78 is 0. The van der Waals surface area contributed by atoms with Gasteiger partial charge in [-0.25, -0.2) is 0 Å². The van der Waals surface area contributed by atoms with Crippen LogP contribution in [0.2, 0.25) is 0 Å². The Bertz CT molecular complexity index is 2340. The number of benzene rings is 7. The van der Waals surface area contributed by atoms with Crippen LogP contribution < -0.4 is 5.32 Å². The molecule has 0 fully saturated rings. The zero-order valence-corrected chi connectivity index (χ0v) is 28.1. The lowest BCUT2D eigenvalue weighted by molar-refractivity contribution is 0.699. The number of aromatic nitrogens is 1. The van der Waals surface area contributed by atoms with Crippen molar-refractivity contribution in [2.75, 3.05) is 0 Å². The first kappa shape index (κ1) is 31.0. The molecule has 0 saturated heterocycles. The molecule has 0 aliphatic rings. The van der Waals surface area contributed by atoms with Gasteiger partial charge in [0, 0.05) is 24.1 Å². The van der Waals surface area contributed by atoms with Crippen LogP contribution in [0.3, 0.4) is 0 Å². The summed E-state index contributed by atoms with van der Waals surface area (Å²) in [5.41, 5.74) is 12.2. The normalized spacial score (nSPS) is 12.2. The van der Waals surface area contributed by atoms with E-state index < -0.39 is 0 Å². The van der Waals surface area contributed by atoms with E-state index in [1.54, 1.807) is 0 Å². The molecule has 8 aromatic rings. The molecule has 0 spiro atoms. The fourth-order valence-electron chi connectivity index (χ4n) is 7.07. The van der Waals surface area contributed by atoms with Gasteiger partial charge in [-0.3, -0.25) is 4.98 Å². The fraction of sp³-hybridized carbons (Fsp3) is 0.0625. The summed E-state index contributed by atoms with van der Waals surface area (Å²) in [5.74, 6) is 0. The Morgan fingerprint density at radius 1 is 0.520 bits per heavy atom. The maximum atomic E-state index is 4.27. The van der Waals surface area contributed by atoms with Crippen molar-refractivity contribution in [3.8, 4) is 33.4 Å². The summed E-state index contributed by atoms with van der Waals surface area (Å²) >= 11 is 0. The van der Waals surface area contributed by atoms with Crippen molar-refractivity contribution in [2.45, 2.75) is 19.4 Å². The Balaban J connectivity index is 1.10. The number of nitrogens with zero attached hydrogens (tertiary/aromatic N) is 1. The Kier molecular flexibility index (Phi) is 8.74. The van der Waals surface area contributed by atoms with E-state index >= 15 is 0 Å². The van der Waals surface area contributed by atoms with Crippen LogP contribution >= 0.6 is 0 Å². The van der Waals surface area contributed by atoms with Crippen molar-refractivity contribution < 1.29 is 0 Å². The van der Waals surface area contributed by atoms with Crippen LogP contribution in [0.4, 0.5) is 0 Å². The van der Waals surface area contributed by atoms with Gasteiger partial charge in [-0.15, -0.1) is 0 Å². The molecule has 0 radical (unpaired) electrons. The average molecular weight is 643 g/mol. The molecule has 2 nitrogen and oxygen atoms in total. The van der Waals surface area contributed by atoms with Crippen LogP contribution in [0.15, 0.2) is 188 Å². The minimum Gasteiger partial charge on any atom is -0.378 e. The first-order valence-electron chi connectivity index (χ1n) is 17.3. The molecule has 1 unspecified atom stereocenters. The molecule has 7 aromatic carbocycles. The van der Waals surface area contributed by atoms with Gasteiger partial charge in [0.25, 0.3) is 0 Å². The molecule has 1 atom stereocenters. The molecule has 240 valence electrons. The average Bonchev–Trinajstić information content (AvgIpc) is 3.19. The highest BCUT2D eigenvalue weighted by Gasteiger charge is 2.17. The molecule has 50 heavy (non-hydrogen) atoms. The molecule has 8 rings (SSSR count). The second kappa shape index (κ2) is 14.1. The number of pyridine rings is 1. The first-order chi connectivity index (χ1) is 24.7. The standard InChI is InChI=1S/C48H38N2/c1-34(50-46(38-13-4-2-5-14-38)31-24-35-22-25-37(26-23-35)41-17-12-32-49-33-41)36-27-29-40(30-28-36)48-44-20-10-8-18-42(44)47(39-15-6-3-7-16-39)43-19-9-11-21-45(43)48/h2-23,25-34,50H,24H2,1H3/b46-31-. The van der Waals surface area contributed by atoms with E-state index in [0.717, 1.165) is 17.7 Å². The Labute approximate surface area is 294 Å². The highest BCUT2D eigenvalue weighted by Crippen LogP contribution is 2.43. The van der Waals surface area contributed by atoms with Crippen LogP contribution in [0.5, 0.6) is 0 Å². The lowest BCUT2D eigenvalue weighted by Crippen LogP contribution is -2.17. The zero-order valence-electron chi connectivity index (χ0n) is 28.1. The summed E-state index contributed by atoms with van der Waals surface area (Å²) in [6.45, 7) is 2.24. The monoisotopic (exact) mass is 642 g/mol. The van der Waals surface area contributed by atoms with Gasteiger partial charge in [-0.05, 0) is 91.0 Å². The second-order valence-electron chi connectivity index (χ2n) is 12.8. The van der Waals surface area contributed by atoms with E-state index in [4.69, 9.17) is 0 Å². The Morgan fingerprint density at radius 2 is 1.02 bits per heavy atom. The topological polar surface area (TPSA) is 24.9 Å². The molecule has 0 amide bonds. The number of hydrogen-bond donors (Lipinski definition) is 1. The zero-order chi connectivity index (χ0) is 33.7. The van der Waals surface area contributed by atoms with Crippen LogP contribution in [0, 0.1) is 0 Å². The van der Waals surface area contributed by atoms with Crippen molar-refractivity contribution in [2.24, 2.45) is 0 Å². The fourth-order valence-corrected chi connectivity index (χ4v) is 7.07. The molecule has 1 N–H and O–H groups in total. The Hall–Kier alpha value is -6.25. The smallest absolute Gasteiger partial charge is 0.0485 e.